The van der Waals surface area contributed by atoms with Crippen molar-refractivity contribution in [1.82, 2.24) is 9.21 Å². The topological polar surface area (TPSA) is 66.9 Å². The zero-order valence-corrected chi connectivity index (χ0v) is 16.8. The van der Waals surface area contributed by atoms with Gasteiger partial charge in [0, 0.05) is 36.8 Å². The van der Waals surface area contributed by atoms with Crippen molar-refractivity contribution >= 4 is 27.5 Å². The van der Waals surface area contributed by atoms with Gasteiger partial charge in [-0.3, -0.25) is 4.79 Å². The fraction of sp³-hybridized carbons (Fsp3) is 0.316. The lowest BCUT2D eigenvalue weighted by molar-refractivity contribution is 0.0698. The average Bonchev–Trinajstić information content (AvgIpc) is 2.68. The maximum absolute atomic E-state index is 13.0. The Morgan fingerprint density at radius 2 is 1.67 bits per heavy atom. The van der Waals surface area contributed by atoms with E-state index >= 15 is 0 Å². The minimum absolute atomic E-state index is 0.0378. The van der Waals surface area contributed by atoms with Gasteiger partial charge in [-0.05, 0) is 37.3 Å². The highest BCUT2D eigenvalue weighted by molar-refractivity contribution is 7.89. The van der Waals surface area contributed by atoms with Crippen LogP contribution in [0.5, 0.6) is 5.75 Å². The zero-order chi connectivity index (χ0) is 19.6. The predicted octanol–water partition coefficient (Wildman–Crippen LogP) is 2.80. The van der Waals surface area contributed by atoms with Crippen molar-refractivity contribution in [3.05, 3.63) is 58.6 Å². The van der Waals surface area contributed by atoms with E-state index in [1.54, 1.807) is 23.1 Å². The molecule has 1 aliphatic heterocycles. The molecule has 0 bridgehead atoms. The standard InChI is InChI=1S/C19H21ClN2O4S/c1-14-3-5-15(6-4-14)19(23)21-9-11-22(12-10-21)27(24,25)18-13-16(20)7-8-17(18)26-2/h3-8,13H,9-12H2,1-2H3. The quantitative estimate of drug-likeness (QED) is 0.780. The van der Waals surface area contributed by atoms with E-state index in [9.17, 15) is 13.2 Å². The zero-order valence-electron chi connectivity index (χ0n) is 15.2. The van der Waals surface area contributed by atoms with Crippen LogP contribution in [0.1, 0.15) is 15.9 Å². The molecule has 8 heteroatoms. The van der Waals surface area contributed by atoms with Gasteiger partial charge in [0.2, 0.25) is 10.0 Å². The Labute approximate surface area is 164 Å². The van der Waals surface area contributed by atoms with Gasteiger partial charge in [-0.1, -0.05) is 29.3 Å². The molecule has 0 saturated carbocycles. The highest BCUT2D eigenvalue weighted by Crippen LogP contribution is 2.30. The first-order valence-electron chi connectivity index (χ1n) is 8.52. The molecule has 27 heavy (non-hydrogen) atoms. The fourth-order valence-corrected chi connectivity index (χ4v) is 4.84. The van der Waals surface area contributed by atoms with Gasteiger partial charge in [-0.25, -0.2) is 8.42 Å². The van der Waals surface area contributed by atoms with Crippen LogP contribution >= 0.6 is 11.6 Å². The second kappa shape index (κ2) is 7.88. The first-order chi connectivity index (χ1) is 12.8. The first-order valence-corrected chi connectivity index (χ1v) is 10.3. The summed E-state index contributed by atoms with van der Waals surface area (Å²) in [5.41, 5.74) is 1.69. The molecular formula is C19H21ClN2O4S. The summed E-state index contributed by atoms with van der Waals surface area (Å²) in [6.07, 6.45) is 0. The van der Waals surface area contributed by atoms with Crippen molar-refractivity contribution in [1.29, 1.82) is 0 Å². The van der Waals surface area contributed by atoms with Crippen LogP contribution in [0.3, 0.4) is 0 Å². The van der Waals surface area contributed by atoms with Gasteiger partial charge in [0.05, 0.1) is 7.11 Å². The van der Waals surface area contributed by atoms with Gasteiger partial charge in [0.25, 0.3) is 5.91 Å². The van der Waals surface area contributed by atoms with Gasteiger partial charge in [-0.2, -0.15) is 4.31 Å². The lowest BCUT2D eigenvalue weighted by Crippen LogP contribution is -2.50. The number of methoxy groups -OCH3 is 1. The summed E-state index contributed by atoms with van der Waals surface area (Å²) in [6, 6.07) is 11.9. The van der Waals surface area contributed by atoms with Crippen LogP contribution in [0.4, 0.5) is 0 Å². The van der Waals surface area contributed by atoms with Crippen molar-refractivity contribution in [2.45, 2.75) is 11.8 Å². The highest BCUT2D eigenvalue weighted by Gasteiger charge is 2.32. The van der Waals surface area contributed by atoms with Crippen molar-refractivity contribution in [3.63, 3.8) is 0 Å². The van der Waals surface area contributed by atoms with Gasteiger partial charge in [0.1, 0.15) is 10.6 Å². The molecule has 1 aliphatic rings. The normalized spacial score (nSPS) is 15.6. The number of halogens is 1. The van der Waals surface area contributed by atoms with Crippen LogP contribution < -0.4 is 4.74 Å². The molecule has 1 amide bonds. The number of carbonyl (C=O) groups excluding carboxylic acids is 1. The lowest BCUT2D eigenvalue weighted by Gasteiger charge is -2.34. The molecule has 1 fully saturated rings. The van der Waals surface area contributed by atoms with Crippen LogP contribution in [0.25, 0.3) is 0 Å². The number of amides is 1. The van der Waals surface area contributed by atoms with E-state index in [0.29, 0.717) is 23.7 Å². The fourth-order valence-electron chi connectivity index (χ4n) is 3.00. The number of sulfonamides is 1. The van der Waals surface area contributed by atoms with Crippen molar-refractivity contribution in [2.75, 3.05) is 33.3 Å². The number of ether oxygens (including phenoxy) is 1. The molecule has 144 valence electrons. The summed E-state index contributed by atoms with van der Waals surface area (Å²) < 4.78 is 32.5. The number of rotatable bonds is 4. The number of benzene rings is 2. The van der Waals surface area contributed by atoms with Crippen LogP contribution in [0.2, 0.25) is 5.02 Å². The van der Waals surface area contributed by atoms with Gasteiger partial charge in [0.15, 0.2) is 0 Å². The monoisotopic (exact) mass is 408 g/mol. The summed E-state index contributed by atoms with van der Waals surface area (Å²) in [7, 11) is -2.34. The van der Waals surface area contributed by atoms with E-state index in [2.05, 4.69) is 0 Å². The highest BCUT2D eigenvalue weighted by atomic mass is 35.5. The van der Waals surface area contributed by atoms with Gasteiger partial charge < -0.3 is 9.64 Å². The molecule has 2 aromatic carbocycles. The molecule has 0 unspecified atom stereocenters. The lowest BCUT2D eigenvalue weighted by atomic mass is 10.1. The van der Waals surface area contributed by atoms with E-state index in [0.717, 1.165) is 5.56 Å². The second-order valence-corrected chi connectivity index (χ2v) is 8.70. The number of carbonyl (C=O) groups is 1. The molecule has 3 rings (SSSR count). The maximum atomic E-state index is 13.0. The predicted molar refractivity (Wildman–Crippen MR) is 104 cm³/mol. The molecule has 0 atom stereocenters. The third kappa shape index (κ3) is 4.10. The summed E-state index contributed by atoms with van der Waals surface area (Å²) in [5.74, 6) is 0.157. The minimum Gasteiger partial charge on any atom is -0.495 e. The summed E-state index contributed by atoms with van der Waals surface area (Å²) in [4.78, 5) is 14.3. The SMILES string of the molecule is COc1ccc(Cl)cc1S(=O)(=O)N1CCN(C(=O)c2ccc(C)cc2)CC1. The van der Waals surface area contributed by atoms with Gasteiger partial charge in [-0.15, -0.1) is 0 Å². The van der Waals surface area contributed by atoms with Crippen LogP contribution in [0, 0.1) is 6.92 Å². The van der Waals surface area contributed by atoms with E-state index in [4.69, 9.17) is 16.3 Å². The van der Waals surface area contributed by atoms with E-state index in [-0.39, 0.29) is 29.6 Å². The third-order valence-electron chi connectivity index (χ3n) is 4.57. The van der Waals surface area contributed by atoms with E-state index < -0.39 is 10.0 Å². The largest absolute Gasteiger partial charge is 0.495 e. The molecule has 0 radical (unpaired) electrons. The number of hydrogen-bond acceptors (Lipinski definition) is 4. The molecule has 0 aliphatic carbocycles. The van der Waals surface area contributed by atoms with Gasteiger partial charge >= 0.3 is 0 Å². The Morgan fingerprint density at radius 3 is 2.26 bits per heavy atom. The van der Waals surface area contributed by atoms with Crippen LogP contribution in [0.15, 0.2) is 47.4 Å². The molecule has 6 nitrogen and oxygen atoms in total. The summed E-state index contributed by atoms with van der Waals surface area (Å²) in [5, 5.41) is 0.322. The number of piperazine rings is 1. The maximum Gasteiger partial charge on any atom is 0.253 e. The Bertz CT molecular complexity index is 937. The molecule has 2 aromatic rings. The Balaban J connectivity index is 1.74. The molecule has 1 saturated heterocycles. The Kier molecular flexibility index (Phi) is 5.74. The number of aryl methyl sites for hydroxylation is 1. The van der Waals surface area contributed by atoms with Crippen LogP contribution in [-0.4, -0.2) is 56.8 Å². The van der Waals surface area contributed by atoms with Crippen molar-refractivity contribution in [3.8, 4) is 5.75 Å². The summed E-state index contributed by atoms with van der Waals surface area (Å²) in [6.45, 7) is 3.05. The van der Waals surface area contributed by atoms with Crippen LogP contribution in [-0.2, 0) is 10.0 Å². The second-order valence-electron chi connectivity index (χ2n) is 6.36. The smallest absolute Gasteiger partial charge is 0.253 e. The number of hydrogen-bond donors (Lipinski definition) is 0. The minimum atomic E-state index is -3.76. The first kappa shape index (κ1) is 19.7. The third-order valence-corrected chi connectivity index (χ3v) is 6.72. The molecule has 0 aromatic heterocycles. The summed E-state index contributed by atoms with van der Waals surface area (Å²) >= 11 is 5.97. The van der Waals surface area contributed by atoms with E-state index in [1.165, 1.54) is 23.5 Å². The molecular weight excluding hydrogens is 388 g/mol. The Hall–Kier alpha value is -2.09. The van der Waals surface area contributed by atoms with Crippen molar-refractivity contribution in [2.24, 2.45) is 0 Å². The molecule has 0 N–H and O–H groups in total. The van der Waals surface area contributed by atoms with E-state index in [1.807, 2.05) is 19.1 Å². The van der Waals surface area contributed by atoms with Crippen molar-refractivity contribution < 1.29 is 17.9 Å². The molecule has 0 spiro atoms. The number of nitrogens with zero attached hydrogens (tertiary/aromatic N) is 2. The average molecular weight is 409 g/mol. The Morgan fingerprint density at radius 1 is 1.04 bits per heavy atom. The molecule has 1 heterocycles.